The van der Waals surface area contributed by atoms with Gasteiger partial charge < -0.3 is 9.30 Å². The van der Waals surface area contributed by atoms with E-state index in [1.54, 1.807) is 23.5 Å². The summed E-state index contributed by atoms with van der Waals surface area (Å²) in [5, 5.41) is 9.81. The summed E-state index contributed by atoms with van der Waals surface area (Å²) >= 11 is 3.54. The largest absolute Gasteiger partial charge is 0.494 e. The number of aromatic nitrogens is 3. The molecule has 0 unspecified atom stereocenters. The van der Waals surface area contributed by atoms with Gasteiger partial charge in [-0.1, -0.05) is 53.2 Å². The third-order valence-corrected chi connectivity index (χ3v) is 6.61. The van der Waals surface area contributed by atoms with Gasteiger partial charge >= 0.3 is 0 Å². The van der Waals surface area contributed by atoms with E-state index in [1.165, 1.54) is 16.0 Å². The summed E-state index contributed by atoms with van der Waals surface area (Å²) in [6, 6.07) is 16.8. The monoisotopic (exact) mass is 439 g/mol. The standard InChI is InChI=1S/C24H29N3OS2/c1-4-15-27-23(18-30-22-13-9-20(3)10-14-22)25-26-24(27)29-17-6-5-16-28-21-11-7-19(2)8-12-21/h4,7-14H,1,5-6,15-18H2,2-3H3. The van der Waals surface area contributed by atoms with E-state index in [0.717, 1.165) is 54.2 Å². The van der Waals surface area contributed by atoms with Gasteiger partial charge in [0.2, 0.25) is 0 Å². The van der Waals surface area contributed by atoms with E-state index in [-0.39, 0.29) is 0 Å². The average Bonchev–Trinajstić information content (AvgIpc) is 3.13. The van der Waals surface area contributed by atoms with Crippen LogP contribution in [-0.4, -0.2) is 27.1 Å². The first-order chi connectivity index (χ1) is 14.7. The van der Waals surface area contributed by atoms with Crippen LogP contribution in [0.15, 0.2) is 71.2 Å². The summed E-state index contributed by atoms with van der Waals surface area (Å²) in [6.07, 6.45) is 4.00. The minimum atomic E-state index is 0.732. The fourth-order valence-electron chi connectivity index (χ4n) is 2.82. The molecule has 0 saturated heterocycles. The molecule has 0 radical (unpaired) electrons. The Morgan fingerprint density at radius 3 is 2.33 bits per heavy atom. The fourth-order valence-corrected chi connectivity index (χ4v) is 4.62. The van der Waals surface area contributed by atoms with Gasteiger partial charge in [0.05, 0.1) is 12.4 Å². The van der Waals surface area contributed by atoms with E-state index < -0.39 is 0 Å². The van der Waals surface area contributed by atoms with Crippen molar-refractivity contribution < 1.29 is 4.74 Å². The van der Waals surface area contributed by atoms with E-state index in [0.29, 0.717) is 0 Å². The second-order valence-electron chi connectivity index (χ2n) is 7.12. The molecule has 0 fully saturated rings. The highest BCUT2D eigenvalue weighted by Crippen LogP contribution is 2.25. The maximum absolute atomic E-state index is 5.80. The lowest BCUT2D eigenvalue weighted by molar-refractivity contribution is 0.310. The topological polar surface area (TPSA) is 39.9 Å². The second kappa shape index (κ2) is 11.9. The third-order valence-electron chi connectivity index (χ3n) is 4.55. The molecule has 0 aliphatic rings. The first kappa shape index (κ1) is 22.5. The number of rotatable bonds is 12. The van der Waals surface area contributed by atoms with Gasteiger partial charge in [0, 0.05) is 17.2 Å². The Morgan fingerprint density at radius 2 is 1.63 bits per heavy atom. The molecule has 0 aliphatic heterocycles. The minimum Gasteiger partial charge on any atom is -0.494 e. The van der Waals surface area contributed by atoms with Crippen molar-refractivity contribution in [2.45, 2.75) is 49.0 Å². The molecule has 3 aromatic rings. The zero-order chi connectivity index (χ0) is 21.2. The van der Waals surface area contributed by atoms with Gasteiger partial charge in [0.25, 0.3) is 0 Å². The molecule has 0 saturated carbocycles. The van der Waals surface area contributed by atoms with Crippen molar-refractivity contribution in [3.8, 4) is 5.75 Å². The molecule has 158 valence electrons. The second-order valence-corrected chi connectivity index (χ2v) is 9.23. The van der Waals surface area contributed by atoms with Crippen LogP contribution in [-0.2, 0) is 12.3 Å². The van der Waals surface area contributed by atoms with Crippen molar-refractivity contribution >= 4 is 23.5 Å². The van der Waals surface area contributed by atoms with Crippen molar-refractivity contribution in [1.82, 2.24) is 14.8 Å². The van der Waals surface area contributed by atoms with Crippen molar-refractivity contribution in [3.63, 3.8) is 0 Å². The Bertz CT molecular complexity index is 921. The van der Waals surface area contributed by atoms with Crippen LogP contribution >= 0.6 is 23.5 Å². The molecular weight excluding hydrogens is 410 g/mol. The highest BCUT2D eigenvalue weighted by molar-refractivity contribution is 7.99. The lowest BCUT2D eigenvalue weighted by Crippen LogP contribution is -2.03. The maximum atomic E-state index is 5.80. The molecule has 3 rings (SSSR count). The Balaban J connectivity index is 1.44. The number of ether oxygens (including phenoxy) is 1. The number of allylic oxidation sites excluding steroid dienone is 1. The Morgan fingerprint density at radius 1 is 0.933 bits per heavy atom. The molecule has 0 amide bonds. The van der Waals surface area contributed by atoms with Crippen LogP contribution in [0, 0.1) is 13.8 Å². The van der Waals surface area contributed by atoms with E-state index in [2.05, 4.69) is 71.6 Å². The molecule has 0 bridgehead atoms. The van der Waals surface area contributed by atoms with E-state index >= 15 is 0 Å². The summed E-state index contributed by atoms with van der Waals surface area (Å²) in [5.74, 6) is 3.73. The Kier molecular flexibility index (Phi) is 8.90. The van der Waals surface area contributed by atoms with Crippen molar-refractivity contribution in [3.05, 3.63) is 78.1 Å². The summed E-state index contributed by atoms with van der Waals surface area (Å²) in [5.41, 5.74) is 2.52. The first-order valence-corrected chi connectivity index (χ1v) is 12.2. The SMILES string of the molecule is C=CCn1c(CSc2ccc(C)cc2)nnc1SCCCCOc1ccc(C)cc1. The van der Waals surface area contributed by atoms with Gasteiger partial charge in [-0.2, -0.15) is 0 Å². The quantitative estimate of drug-likeness (QED) is 0.187. The van der Waals surface area contributed by atoms with Crippen LogP contribution in [0.1, 0.15) is 29.8 Å². The number of hydrogen-bond donors (Lipinski definition) is 0. The molecule has 1 aromatic heterocycles. The third kappa shape index (κ3) is 6.96. The molecule has 6 heteroatoms. The zero-order valence-corrected chi connectivity index (χ0v) is 19.3. The molecular formula is C24H29N3OS2. The number of aryl methyl sites for hydroxylation is 2. The van der Waals surface area contributed by atoms with Crippen LogP contribution < -0.4 is 4.74 Å². The first-order valence-electron chi connectivity index (χ1n) is 10.2. The van der Waals surface area contributed by atoms with E-state index in [4.69, 9.17) is 4.74 Å². The van der Waals surface area contributed by atoms with Crippen LogP contribution in [0.2, 0.25) is 0 Å². The van der Waals surface area contributed by atoms with Crippen LogP contribution in [0.5, 0.6) is 5.75 Å². The number of benzene rings is 2. The van der Waals surface area contributed by atoms with E-state index in [1.807, 2.05) is 18.2 Å². The molecule has 2 aromatic carbocycles. The van der Waals surface area contributed by atoms with Crippen LogP contribution in [0.4, 0.5) is 0 Å². The van der Waals surface area contributed by atoms with E-state index in [9.17, 15) is 0 Å². The van der Waals surface area contributed by atoms with Crippen LogP contribution in [0.3, 0.4) is 0 Å². The predicted octanol–water partition coefficient (Wildman–Crippen LogP) is 6.32. The predicted molar refractivity (Wildman–Crippen MR) is 128 cm³/mol. The summed E-state index contributed by atoms with van der Waals surface area (Å²) in [6.45, 7) is 9.55. The Labute approximate surface area is 188 Å². The molecule has 30 heavy (non-hydrogen) atoms. The highest BCUT2D eigenvalue weighted by Gasteiger charge is 2.12. The summed E-state index contributed by atoms with van der Waals surface area (Å²) in [4.78, 5) is 1.25. The van der Waals surface area contributed by atoms with Gasteiger partial charge in [-0.3, -0.25) is 0 Å². The number of nitrogens with zero attached hydrogens (tertiary/aromatic N) is 3. The summed E-state index contributed by atoms with van der Waals surface area (Å²) in [7, 11) is 0. The van der Waals surface area contributed by atoms with Gasteiger partial charge in [-0.15, -0.1) is 28.5 Å². The molecule has 0 aliphatic carbocycles. The molecule has 4 nitrogen and oxygen atoms in total. The number of hydrogen-bond acceptors (Lipinski definition) is 5. The molecule has 1 heterocycles. The minimum absolute atomic E-state index is 0.732. The van der Waals surface area contributed by atoms with Crippen molar-refractivity contribution in [2.75, 3.05) is 12.4 Å². The lowest BCUT2D eigenvalue weighted by Gasteiger charge is -2.08. The van der Waals surface area contributed by atoms with Gasteiger partial charge in [0.15, 0.2) is 5.16 Å². The van der Waals surface area contributed by atoms with Gasteiger partial charge in [0.1, 0.15) is 11.6 Å². The Hall–Kier alpha value is -2.18. The number of thioether (sulfide) groups is 2. The smallest absolute Gasteiger partial charge is 0.191 e. The molecule has 0 N–H and O–H groups in total. The van der Waals surface area contributed by atoms with Crippen molar-refractivity contribution in [1.29, 1.82) is 0 Å². The maximum Gasteiger partial charge on any atom is 0.191 e. The average molecular weight is 440 g/mol. The highest BCUT2D eigenvalue weighted by atomic mass is 32.2. The lowest BCUT2D eigenvalue weighted by atomic mass is 10.2. The zero-order valence-electron chi connectivity index (χ0n) is 17.7. The fraction of sp³-hybridized carbons (Fsp3) is 0.333. The number of unbranched alkanes of at least 4 members (excludes halogenated alkanes) is 1. The van der Waals surface area contributed by atoms with Gasteiger partial charge in [-0.25, -0.2) is 0 Å². The van der Waals surface area contributed by atoms with Crippen molar-refractivity contribution in [2.24, 2.45) is 0 Å². The normalized spacial score (nSPS) is 10.9. The van der Waals surface area contributed by atoms with Crippen LogP contribution in [0.25, 0.3) is 0 Å². The molecule has 0 spiro atoms. The summed E-state index contributed by atoms with van der Waals surface area (Å²) < 4.78 is 7.97. The molecule has 0 atom stereocenters. The van der Waals surface area contributed by atoms with Gasteiger partial charge in [-0.05, 0) is 51.0 Å².